The molecule has 0 rings (SSSR count). The first kappa shape index (κ1) is 27.1. The van der Waals surface area contributed by atoms with Gasteiger partial charge in [0.1, 0.15) is 0 Å². The molecule has 0 aromatic heterocycles. The molecule has 0 fully saturated rings. The highest BCUT2D eigenvalue weighted by Crippen LogP contribution is 2.17. The number of hydrogen-bond donors (Lipinski definition) is 0. The Bertz CT molecular complexity index is 298. The molecule has 0 radical (unpaired) electrons. The molecule has 4 atom stereocenters. The highest BCUT2D eigenvalue weighted by Gasteiger charge is 2.27. The average Bonchev–Trinajstić information content (AvgIpc) is 2.58. The minimum Gasteiger partial charge on any atom is -0.322 e. The second-order valence-corrected chi connectivity index (χ2v) is 12.9. The van der Waals surface area contributed by atoms with Crippen LogP contribution in [0.25, 0.3) is 0 Å². The summed E-state index contributed by atoms with van der Waals surface area (Å²) in [5, 5.41) is 3.18. The summed E-state index contributed by atoms with van der Waals surface area (Å²) in [6.45, 7) is 2.60. The van der Waals surface area contributed by atoms with E-state index in [1.165, 1.54) is 0 Å². The molecular formula is C13H20Br8N2O. The fraction of sp³-hybridized carbons (Fsp3) is 0.923. The Hall–Kier alpha value is 3.11. The van der Waals surface area contributed by atoms with Crippen LogP contribution in [0.3, 0.4) is 0 Å². The normalized spacial score (nSPS) is 16.3. The zero-order valence-corrected chi connectivity index (χ0v) is 25.5. The van der Waals surface area contributed by atoms with E-state index in [4.69, 9.17) is 0 Å². The summed E-state index contributed by atoms with van der Waals surface area (Å²) in [7, 11) is 0. The van der Waals surface area contributed by atoms with E-state index in [1.807, 2.05) is 9.80 Å². The molecule has 144 valence electrons. The van der Waals surface area contributed by atoms with Crippen molar-refractivity contribution in [3.05, 3.63) is 0 Å². The summed E-state index contributed by atoms with van der Waals surface area (Å²) in [6.07, 6.45) is 0. The van der Waals surface area contributed by atoms with Gasteiger partial charge in [-0.15, -0.1) is 0 Å². The summed E-state index contributed by atoms with van der Waals surface area (Å²) in [6, 6.07) is 0.0570. The van der Waals surface area contributed by atoms with Crippen LogP contribution in [-0.2, 0) is 0 Å². The van der Waals surface area contributed by atoms with Gasteiger partial charge in [-0.25, -0.2) is 4.79 Å². The highest BCUT2D eigenvalue weighted by molar-refractivity contribution is 9.13. The molecule has 0 heterocycles. The van der Waals surface area contributed by atoms with Crippen LogP contribution in [0.5, 0.6) is 0 Å². The number of nitrogens with zero attached hydrogens (tertiary/aromatic N) is 2. The number of urea groups is 1. The van der Waals surface area contributed by atoms with E-state index in [9.17, 15) is 4.79 Å². The molecule has 0 bridgehead atoms. The molecule has 0 aliphatic heterocycles. The lowest BCUT2D eigenvalue weighted by atomic mass is 10.3. The lowest BCUT2D eigenvalue weighted by Gasteiger charge is -2.34. The number of hydrogen-bond acceptors (Lipinski definition) is 1. The van der Waals surface area contributed by atoms with E-state index >= 15 is 0 Å². The van der Waals surface area contributed by atoms with Crippen molar-refractivity contribution in [2.24, 2.45) is 0 Å². The fourth-order valence-corrected chi connectivity index (χ4v) is 4.03. The SMILES string of the molecule is O=C(N(CC(Br)CBr)CC(Br)CBr)N(CC(Br)CBr)CC(Br)CBr. The van der Waals surface area contributed by atoms with Gasteiger partial charge in [0, 0.05) is 66.8 Å². The summed E-state index contributed by atoms with van der Waals surface area (Å²) >= 11 is 28.3. The van der Waals surface area contributed by atoms with Crippen LogP contribution < -0.4 is 0 Å². The van der Waals surface area contributed by atoms with Crippen molar-refractivity contribution in [3.63, 3.8) is 0 Å². The van der Waals surface area contributed by atoms with Gasteiger partial charge in [0.15, 0.2) is 0 Å². The number of rotatable bonds is 12. The van der Waals surface area contributed by atoms with Crippen LogP contribution in [0.15, 0.2) is 0 Å². The standard InChI is InChI=1S/C13H20Br8N2O/c14-1-9(18)5-22(6-10(19)2-15)13(24)23(7-11(20)3-16)8-12(21)4-17/h9-12H,1-8H2. The largest absolute Gasteiger partial charge is 0.322 e. The maximum atomic E-state index is 13.2. The third-order valence-electron chi connectivity index (χ3n) is 2.88. The first-order valence-electron chi connectivity index (χ1n) is 7.12. The lowest BCUT2D eigenvalue weighted by Crippen LogP contribution is -2.51. The van der Waals surface area contributed by atoms with Gasteiger partial charge in [-0.3, -0.25) is 0 Å². The molecule has 0 aromatic carbocycles. The summed E-state index contributed by atoms with van der Waals surface area (Å²) in [4.78, 5) is 17.8. The second kappa shape index (κ2) is 16.0. The lowest BCUT2D eigenvalue weighted by molar-refractivity contribution is 0.156. The fourth-order valence-electron chi connectivity index (χ4n) is 1.81. The number of amides is 2. The van der Waals surface area contributed by atoms with Gasteiger partial charge < -0.3 is 9.80 Å². The Morgan fingerprint density at radius 1 is 0.583 bits per heavy atom. The van der Waals surface area contributed by atoms with E-state index in [0.717, 1.165) is 21.3 Å². The summed E-state index contributed by atoms with van der Waals surface area (Å²) in [5.41, 5.74) is 0. The van der Waals surface area contributed by atoms with Crippen LogP contribution in [-0.4, -0.2) is 82.6 Å². The van der Waals surface area contributed by atoms with Gasteiger partial charge in [0.25, 0.3) is 0 Å². The molecule has 4 unspecified atom stereocenters. The monoisotopic (exact) mass is 852 g/mol. The predicted octanol–water partition coefficient (Wildman–Crippen LogP) is 6.34. The number of carbonyl (C=O) groups excluding carboxylic acids is 1. The minimum absolute atomic E-state index is 0.0570. The van der Waals surface area contributed by atoms with E-state index in [1.54, 1.807) is 0 Å². The van der Waals surface area contributed by atoms with E-state index in [2.05, 4.69) is 127 Å². The summed E-state index contributed by atoms with van der Waals surface area (Å²) < 4.78 is 0. The van der Waals surface area contributed by atoms with E-state index in [-0.39, 0.29) is 25.3 Å². The molecule has 0 aliphatic rings. The molecule has 11 heteroatoms. The smallest absolute Gasteiger partial charge is 0.320 e. The third-order valence-corrected chi connectivity index (χ3v) is 11.9. The molecule has 0 N–H and O–H groups in total. The van der Waals surface area contributed by atoms with Crippen molar-refractivity contribution in [2.45, 2.75) is 19.3 Å². The molecule has 0 spiro atoms. The van der Waals surface area contributed by atoms with Crippen LogP contribution in [0.2, 0.25) is 0 Å². The van der Waals surface area contributed by atoms with Crippen molar-refractivity contribution in [3.8, 4) is 0 Å². The number of carbonyl (C=O) groups is 1. The quantitative estimate of drug-likeness (QED) is 0.211. The topological polar surface area (TPSA) is 23.6 Å². The Kier molecular flexibility index (Phi) is 18.0. The molecule has 0 aromatic rings. The van der Waals surface area contributed by atoms with Gasteiger partial charge in [0.2, 0.25) is 0 Å². The first-order valence-corrected chi connectivity index (χ1v) is 15.3. The predicted molar refractivity (Wildman–Crippen MR) is 135 cm³/mol. The molecule has 0 saturated carbocycles. The van der Waals surface area contributed by atoms with Gasteiger partial charge in [-0.2, -0.15) is 0 Å². The second-order valence-electron chi connectivity index (χ2n) is 5.10. The molecule has 2 amide bonds. The van der Waals surface area contributed by atoms with Crippen molar-refractivity contribution >= 4 is 133 Å². The van der Waals surface area contributed by atoms with Crippen molar-refractivity contribution in [2.75, 3.05) is 47.5 Å². The van der Waals surface area contributed by atoms with E-state index < -0.39 is 0 Å². The van der Waals surface area contributed by atoms with Crippen molar-refractivity contribution in [1.82, 2.24) is 9.80 Å². The number of alkyl halides is 8. The molecule has 0 aliphatic carbocycles. The highest BCUT2D eigenvalue weighted by atomic mass is 79.9. The van der Waals surface area contributed by atoms with Crippen LogP contribution in [0, 0.1) is 0 Å². The molecule has 0 saturated heterocycles. The Morgan fingerprint density at radius 3 is 0.958 bits per heavy atom. The van der Waals surface area contributed by atoms with Gasteiger partial charge in [0.05, 0.1) is 0 Å². The minimum atomic E-state index is 0.0570. The third kappa shape index (κ3) is 11.8. The Morgan fingerprint density at radius 2 is 0.792 bits per heavy atom. The zero-order valence-electron chi connectivity index (χ0n) is 12.8. The van der Waals surface area contributed by atoms with E-state index in [0.29, 0.717) is 26.2 Å². The summed E-state index contributed by atoms with van der Waals surface area (Å²) in [5.74, 6) is 0. The number of halogens is 8. The molecular weight excluding hydrogens is 839 g/mol. The van der Waals surface area contributed by atoms with Gasteiger partial charge in [-0.1, -0.05) is 127 Å². The maximum absolute atomic E-state index is 13.2. The Labute approximate surface area is 212 Å². The Balaban J connectivity index is 5.19. The van der Waals surface area contributed by atoms with Crippen LogP contribution in [0.4, 0.5) is 4.79 Å². The van der Waals surface area contributed by atoms with Crippen LogP contribution in [0.1, 0.15) is 0 Å². The van der Waals surface area contributed by atoms with Crippen LogP contribution >= 0.6 is 127 Å². The van der Waals surface area contributed by atoms with Gasteiger partial charge >= 0.3 is 6.03 Å². The molecule has 3 nitrogen and oxygen atoms in total. The maximum Gasteiger partial charge on any atom is 0.320 e. The molecule has 24 heavy (non-hydrogen) atoms. The average molecular weight is 860 g/mol. The van der Waals surface area contributed by atoms with Gasteiger partial charge in [-0.05, 0) is 0 Å². The zero-order chi connectivity index (χ0) is 18.7. The first-order chi connectivity index (χ1) is 11.3. The van der Waals surface area contributed by atoms with Crippen molar-refractivity contribution < 1.29 is 4.79 Å². The van der Waals surface area contributed by atoms with Crippen molar-refractivity contribution in [1.29, 1.82) is 0 Å².